The number of hydrogen-bond acceptors (Lipinski definition) is 1. The molecule has 0 radical (unpaired) electrons. The summed E-state index contributed by atoms with van der Waals surface area (Å²) in [6.07, 6.45) is 9.19. The Balaban J connectivity index is 2.70. The molecule has 0 fully saturated rings. The van der Waals surface area contributed by atoms with Crippen LogP contribution in [0.5, 0.6) is 0 Å². The molecule has 0 unspecified atom stereocenters. The third kappa shape index (κ3) is 3.68. The maximum Gasteiger partial charge on any atom is 0.105 e. The third-order valence-electron chi connectivity index (χ3n) is 5.15. The summed E-state index contributed by atoms with van der Waals surface area (Å²) in [7, 11) is 3.90. The van der Waals surface area contributed by atoms with Crippen LogP contribution in [0.4, 0.5) is 0 Å². The summed E-state index contributed by atoms with van der Waals surface area (Å²) in [5.41, 5.74) is 3.89. The van der Waals surface area contributed by atoms with Gasteiger partial charge in [0.25, 0.3) is 0 Å². The van der Waals surface area contributed by atoms with Gasteiger partial charge in [0.1, 0.15) is 15.7 Å². The summed E-state index contributed by atoms with van der Waals surface area (Å²) in [5, 5.41) is 0.0785. The predicted octanol–water partition coefficient (Wildman–Crippen LogP) is 3.27. The lowest BCUT2D eigenvalue weighted by Crippen LogP contribution is -2.42. The Morgan fingerprint density at radius 3 is 2.00 bits per heavy atom. The molecule has 1 aromatic carbocycles. The van der Waals surface area contributed by atoms with Crippen molar-refractivity contribution >= 4 is 25.7 Å². The van der Waals surface area contributed by atoms with E-state index in [1.807, 2.05) is 0 Å². The standard InChI is InChI=1S/C19H29B2NS/c1-18(2,3)19(20,21)15-12-16(14-10-8-7-9-11-14)22-13-17(15)23(4,5)6/h7-13H,20-21H2,1-6H3. The van der Waals surface area contributed by atoms with E-state index in [2.05, 4.69) is 97.8 Å². The topological polar surface area (TPSA) is 12.9 Å². The second kappa shape index (κ2) is 6.05. The monoisotopic (exact) mass is 325 g/mol. The van der Waals surface area contributed by atoms with Crippen molar-refractivity contribution in [2.45, 2.75) is 30.9 Å². The van der Waals surface area contributed by atoms with Gasteiger partial charge in [0.2, 0.25) is 0 Å². The summed E-state index contributed by atoms with van der Waals surface area (Å²) < 4.78 is 0. The van der Waals surface area contributed by atoms with Crippen molar-refractivity contribution < 1.29 is 0 Å². The maximum atomic E-state index is 4.79. The van der Waals surface area contributed by atoms with E-state index in [1.165, 1.54) is 16.0 Å². The number of pyridine rings is 1. The lowest BCUT2D eigenvalue weighted by molar-refractivity contribution is 0.355. The number of aromatic nitrogens is 1. The van der Waals surface area contributed by atoms with Gasteiger partial charge in [-0.25, -0.2) is 10.0 Å². The highest BCUT2D eigenvalue weighted by molar-refractivity contribution is 8.32. The highest BCUT2D eigenvalue weighted by Crippen LogP contribution is 2.51. The van der Waals surface area contributed by atoms with Crippen molar-refractivity contribution in [3.8, 4) is 11.3 Å². The van der Waals surface area contributed by atoms with Crippen LogP contribution >= 0.6 is 10.0 Å². The van der Waals surface area contributed by atoms with Gasteiger partial charge in [-0.3, -0.25) is 4.98 Å². The van der Waals surface area contributed by atoms with E-state index >= 15 is 0 Å². The number of rotatable bonds is 3. The Morgan fingerprint density at radius 2 is 1.52 bits per heavy atom. The van der Waals surface area contributed by atoms with Crippen LogP contribution in [0.2, 0.25) is 0 Å². The zero-order valence-corrected chi connectivity index (χ0v) is 16.7. The van der Waals surface area contributed by atoms with Crippen LogP contribution in [0.3, 0.4) is 0 Å². The Hall–Kier alpha value is -1.15. The summed E-state index contributed by atoms with van der Waals surface area (Å²) in [5.74, 6) is 0. The molecule has 1 nitrogen and oxygen atoms in total. The highest BCUT2D eigenvalue weighted by Gasteiger charge is 2.37. The molecule has 0 atom stereocenters. The molecule has 0 saturated carbocycles. The number of hydrogen-bond donors (Lipinski definition) is 0. The van der Waals surface area contributed by atoms with Gasteiger partial charge in [0.05, 0.1) is 5.69 Å². The molecule has 122 valence electrons. The molecule has 0 N–H and O–H groups in total. The quantitative estimate of drug-likeness (QED) is 0.790. The second-order valence-electron chi connectivity index (χ2n) is 8.64. The minimum atomic E-state index is -0.838. The van der Waals surface area contributed by atoms with Crippen LogP contribution in [0.15, 0.2) is 47.5 Å². The average molecular weight is 325 g/mol. The van der Waals surface area contributed by atoms with Crippen LogP contribution in [-0.2, 0) is 5.21 Å². The Kier molecular flexibility index (Phi) is 4.79. The van der Waals surface area contributed by atoms with Crippen LogP contribution in [0.25, 0.3) is 11.3 Å². The molecule has 23 heavy (non-hydrogen) atoms. The molecule has 1 aromatic heterocycles. The Labute approximate surface area is 145 Å². The SMILES string of the molecule is BC(B)(c1cc(-c2ccccc2)ncc1S(C)(C)C)C(C)(C)C. The van der Waals surface area contributed by atoms with E-state index < -0.39 is 10.0 Å². The van der Waals surface area contributed by atoms with E-state index in [-0.39, 0.29) is 10.6 Å². The Bertz CT molecular complexity index is 683. The third-order valence-corrected chi connectivity index (χ3v) is 6.79. The minimum Gasteiger partial charge on any atom is -0.255 e. The first-order valence-corrected chi connectivity index (χ1v) is 11.0. The normalized spacial score (nSPS) is 13.8. The van der Waals surface area contributed by atoms with Gasteiger partial charge >= 0.3 is 0 Å². The summed E-state index contributed by atoms with van der Waals surface area (Å²) >= 11 is 0. The van der Waals surface area contributed by atoms with Gasteiger partial charge in [-0.1, -0.05) is 56.3 Å². The van der Waals surface area contributed by atoms with Crippen molar-refractivity contribution in [1.29, 1.82) is 0 Å². The highest BCUT2D eigenvalue weighted by atomic mass is 32.3. The van der Waals surface area contributed by atoms with Crippen molar-refractivity contribution in [2.24, 2.45) is 5.41 Å². The molecule has 1 heterocycles. The molecule has 2 aromatic rings. The lowest BCUT2D eigenvalue weighted by Gasteiger charge is -2.43. The molecule has 0 aliphatic carbocycles. The van der Waals surface area contributed by atoms with Crippen molar-refractivity contribution in [3.05, 3.63) is 48.2 Å². The smallest absolute Gasteiger partial charge is 0.105 e. The van der Waals surface area contributed by atoms with E-state index in [0.29, 0.717) is 0 Å². The first-order valence-electron chi connectivity index (χ1n) is 8.19. The van der Waals surface area contributed by atoms with Gasteiger partial charge < -0.3 is 0 Å². The molecule has 0 bridgehead atoms. The van der Waals surface area contributed by atoms with Gasteiger partial charge in [-0.05, 0) is 35.8 Å². The Morgan fingerprint density at radius 1 is 0.957 bits per heavy atom. The summed E-state index contributed by atoms with van der Waals surface area (Å²) in [6.45, 7) is 6.99. The molecule has 0 aliphatic heterocycles. The van der Waals surface area contributed by atoms with E-state index in [1.54, 1.807) is 0 Å². The van der Waals surface area contributed by atoms with Gasteiger partial charge in [-0.15, -0.1) is 0 Å². The largest absolute Gasteiger partial charge is 0.255 e. The molecule has 0 amide bonds. The summed E-state index contributed by atoms with van der Waals surface area (Å²) in [6, 6.07) is 12.8. The van der Waals surface area contributed by atoms with E-state index in [0.717, 1.165) is 5.69 Å². The van der Waals surface area contributed by atoms with Crippen LogP contribution in [-0.4, -0.2) is 39.4 Å². The average Bonchev–Trinajstić information content (AvgIpc) is 2.45. The van der Waals surface area contributed by atoms with Gasteiger partial charge in [-0.2, -0.15) is 0 Å². The van der Waals surface area contributed by atoms with Crippen molar-refractivity contribution in [1.82, 2.24) is 4.98 Å². The zero-order valence-electron chi connectivity index (χ0n) is 15.9. The number of benzene rings is 1. The summed E-state index contributed by atoms with van der Waals surface area (Å²) in [4.78, 5) is 6.22. The van der Waals surface area contributed by atoms with Crippen molar-refractivity contribution in [2.75, 3.05) is 18.8 Å². The fourth-order valence-electron chi connectivity index (χ4n) is 2.59. The molecule has 0 spiro atoms. The second-order valence-corrected chi connectivity index (χ2v) is 12.8. The van der Waals surface area contributed by atoms with Gasteiger partial charge in [0, 0.05) is 16.7 Å². The molecular formula is C19H29B2NS. The van der Waals surface area contributed by atoms with Crippen molar-refractivity contribution in [3.63, 3.8) is 0 Å². The van der Waals surface area contributed by atoms with Crippen LogP contribution < -0.4 is 0 Å². The first-order chi connectivity index (χ1) is 10.4. The lowest BCUT2D eigenvalue weighted by atomic mass is 9.41. The zero-order chi connectivity index (χ0) is 17.5. The molecule has 2 rings (SSSR count). The first kappa shape index (κ1) is 18.2. The fraction of sp³-hybridized carbons (Fsp3) is 0.421. The van der Waals surface area contributed by atoms with Crippen LogP contribution in [0.1, 0.15) is 26.3 Å². The van der Waals surface area contributed by atoms with E-state index in [9.17, 15) is 0 Å². The minimum absolute atomic E-state index is 0.0785. The van der Waals surface area contributed by atoms with Gasteiger partial charge in [0.15, 0.2) is 0 Å². The number of nitrogens with zero attached hydrogens (tertiary/aromatic N) is 1. The molecule has 0 aliphatic rings. The molecule has 4 heteroatoms. The molecule has 0 saturated heterocycles. The molecular weight excluding hydrogens is 296 g/mol. The fourth-order valence-corrected chi connectivity index (χ4v) is 3.93. The van der Waals surface area contributed by atoms with E-state index in [4.69, 9.17) is 4.98 Å². The predicted molar refractivity (Wildman–Crippen MR) is 112 cm³/mol. The van der Waals surface area contributed by atoms with Crippen LogP contribution in [0, 0.1) is 5.41 Å². The maximum absolute atomic E-state index is 4.79.